The van der Waals surface area contributed by atoms with Crippen molar-refractivity contribution in [2.24, 2.45) is 0 Å². The molecule has 0 amide bonds. The zero-order chi connectivity index (χ0) is 13.6. The molecule has 1 rings (SSSR count). The Kier molecular flexibility index (Phi) is 6.24. The Morgan fingerprint density at radius 2 is 2.11 bits per heavy atom. The van der Waals surface area contributed by atoms with Crippen molar-refractivity contribution >= 4 is 21.4 Å². The van der Waals surface area contributed by atoms with Gasteiger partial charge in [-0.3, -0.25) is 0 Å². The number of nitrogens with zero attached hydrogens (tertiary/aromatic N) is 1. The van der Waals surface area contributed by atoms with Crippen molar-refractivity contribution in [3.63, 3.8) is 0 Å². The summed E-state index contributed by atoms with van der Waals surface area (Å²) in [6.07, 6.45) is 0.803. The number of sulfonamides is 1. The van der Waals surface area contributed by atoms with Crippen LogP contribution in [0.4, 0.5) is 0 Å². The summed E-state index contributed by atoms with van der Waals surface area (Å²) in [6.45, 7) is 1.91. The van der Waals surface area contributed by atoms with Crippen molar-refractivity contribution in [3.8, 4) is 0 Å². The monoisotopic (exact) mass is 291 g/mol. The quantitative estimate of drug-likeness (QED) is 0.692. The van der Waals surface area contributed by atoms with E-state index >= 15 is 0 Å². The lowest BCUT2D eigenvalue weighted by Gasteiger charge is -2.10. The van der Waals surface area contributed by atoms with Gasteiger partial charge < -0.3 is 10.2 Å². The van der Waals surface area contributed by atoms with Crippen molar-refractivity contribution in [1.82, 2.24) is 14.9 Å². The molecule has 1 aromatic rings. The number of rotatable bonds is 8. The van der Waals surface area contributed by atoms with Crippen LogP contribution in [0.3, 0.4) is 0 Å². The van der Waals surface area contributed by atoms with Crippen molar-refractivity contribution in [1.29, 1.82) is 0 Å². The highest BCUT2D eigenvalue weighted by Gasteiger charge is 2.18. The predicted octanol–water partition coefficient (Wildman–Crippen LogP) is 0.698. The first kappa shape index (κ1) is 15.6. The molecular formula is C11H21N3O2S2. The Labute approximate surface area is 113 Å². The number of nitrogens with one attached hydrogen (secondary N) is 2. The van der Waals surface area contributed by atoms with Crippen LogP contribution in [0.5, 0.6) is 0 Å². The zero-order valence-electron chi connectivity index (χ0n) is 11.1. The third-order valence-corrected chi connectivity index (χ3v) is 5.00. The summed E-state index contributed by atoms with van der Waals surface area (Å²) < 4.78 is 26.8. The maximum Gasteiger partial charge on any atom is 0.241 e. The molecule has 0 atom stereocenters. The zero-order valence-corrected chi connectivity index (χ0v) is 12.7. The van der Waals surface area contributed by atoms with Crippen LogP contribution >= 0.6 is 11.3 Å². The maximum absolute atomic E-state index is 12.1. The van der Waals surface area contributed by atoms with E-state index < -0.39 is 10.0 Å². The van der Waals surface area contributed by atoms with Crippen LogP contribution in [0.1, 0.15) is 11.3 Å². The van der Waals surface area contributed by atoms with Gasteiger partial charge in [0.25, 0.3) is 0 Å². The van der Waals surface area contributed by atoms with Gasteiger partial charge in [0, 0.05) is 18.0 Å². The van der Waals surface area contributed by atoms with Gasteiger partial charge in [0.15, 0.2) is 0 Å². The molecule has 0 aliphatic heterocycles. The molecule has 1 aromatic heterocycles. The molecule has 0 saturated heterocycles. The summed E-state index contributed by atoms with van der Waals surface area (Å²) in [5.74, 6) is 0. The highest BCUT2D eigenvalue weighted by Crippen LogP contribution is 2.21. The van der Waals surface area contributed by atoms with Crippen LogP contribution in [0, 0.1) is 0 Å². The first-order chi connectivity index (χ1) is 8.47. The summed E-state index contributed by atoms with van der Waals surface area (Å²) in [5, 5.41) is 4.78. The van der Waals surface area contributed by atoms with Crippen LogP contribution in [0.2, 0.25) is 0 Å². The van der Waals surface area contributed by atoms with Crippen LogP contribution in [-0.2, 0) is 16.6 Å². The molecule has 0 spiro atoms. The van der Waals surface area contributed by atoms with E-state index in [2.05, 4.69) is 10.0 Å². The maximum atomic E-state index is 12.1. The Bertz CT molecular complexity index is 455. The van der Waals surface area contributed by atoms with Crippen molar-refractivity contribution in [3.05, 3.63) is 16.3 Å². The molecule has 7 heteroatoms. The van der Waals surface area contributed by atoms with Gasteiger partial charge in [0.2, 0.25) is 10.0 Å². The molecule has 5 nitrogen and oxygen atoms in total. The average Bonchev–Trinajstić information content (AvgIpc) is 2.74. The third kappa shape index (κ3) is 4.66. The van der Waals surface area contributed by atoms with Gasteiger partial charge in [-0.1, -0.05) is 0 Å². The van der Waals surface area contributed by atoms with Crippen LogP contribution in [-0.4, -0.2) is 47.6 Å². The number of thiophene rings is 1. The lowest BCUT2D eigenvalue weighted by Crippen LogP contribution is -2.28. The summed E-state index contributed by atoms with van der Waals surface area (Å²) in [4.78, 5) is 3.27. The van der Waals surface area contributed by atoms with E-state index in [1.54, 1.807) is 18.5 Å². The minimum atomic E-state index is -3.37. The molecule has 18 heavy (non-hydrogen) atoms. The summed E-state index contributed by atoms with van der Waals surface area (Å²) in [6, 6.07) is 1.66. The fourth-order valence-corrected chi connectivity index (χ4v) is 4.06. The SMILES string of the molecule is CNCc1sccc1S(=O)(=O)NCCCN(C)C. The molecular weight excluding hydrogens is 270 g/mol. The highest BCUT2D eigenvalue weighted by molar-refractivity contribution is 7.89. The molecule has 0 bridgehead atoms. The van der Waals surface area contributed by atoms with Gasteiger partial charge in [-0.25, -0.2) is 13.1 Å². The molecule has 0 unspecified atom stereocenters. The molecule has 0 fully saturated rings. The molecule has 104 valence electrons. The lowest BCUT2D eigenvalue weighted by atomic mass is 10.4. The Hall–Kier alpha value is -0.470. The topological polar surface area (TPSA) is 61.4 Å². The Morgan fingerprint density at radius 1 is 1.39 bits per heavy atom. The van der Waals surface area contributed by atoms with Gasteiger partial charge in [-0.05, 0) is 45.6 Å². The first-order valence-corrected chi connectivity index (χ1v) is 8.19. The van der Waals surface area contributed by atoms with E-state index in [4.69, 9.17) is 0 Å². The first-order valence-electron chi connectivity index (χ1n) is 5.82. The standard InChI is InChI=1S/C11H21N3O2S2/c1-12-9-10-11(5-8-17-10)18(15,16)13-6-4-7-14(2)3/h5,8,12-13H,4,6-7,9H2,1-3H3. The van der Waals surface area contributed by atoms with Gasteiger partial charge in [0.05, 0.1) is 4.90 Å². The van der Waals surface area contributed by atoms with Crippen molar-refractivity contribution in [2.75, 3.05) is 34.2 Å². The molecule has 0 saturated carbocycles. The Balaban J connectivity index is 2.60. The minimum absolute atomic E-state index is 0.395. The van der Waals surface area contributed by atoms with E-state index in [9.17, 15) is 8.42 Å². The van der Waals surface area contributed by atoms with Crippen LogP contribution in [0.25, 0.3) is 0 Å². The second-order valence-electron chi connectivity index (χ2n) is 4.29. The van der Waals surface area contributed by atoms with Crippen molar-refractivity contribution in [2.45, 2.75) is 17.9 Å². The van der Waals surface area contributed by atoms with Crippen LogP contribution in [0.15, 0.2) is 16.3 Å². The van der Waals surface area contributed by atoms with Crippen molar-refractivity contribution < 1.29 is 8.42 Å². The van der Waals surface area contributed by atoms with Gasteiger partial charge >= 0.3 is 0 Å². The fourth-order valence-electron chi connectivity index (χ4n) is 1.54. The van der Waals surface area contributed by atoms with Gasteiger partial charge in [0.1, 0.15) is 0 Å². The lowest BCUT2D eigenvalue weighted by molar-refractivity contribution is 0.400. The van der Waals surface area contributed by atoms with Gasteiger partial charge in [-0.15, -0.1) is 11.3 Å². The minimum Gasteiger partial charge on any atom is -0.315 e. The number of hydrogen-bond donors (Lipinski definition) is 2. The number of hydrogen-bond acceptors (Lipinski definition) is 5. The van der Waals surface area contributed by atoms with E-state index in [1.807, 2.05) is 19.0 Å². The normalized spacial score (nSPS) is 12.2. The highest BCUT2D eigenvalue weighted by atomic mass is 32.2. The predicted molar refractivity (Wildman–Crippen MR) is 75.4 cm³/mol. The van der Waals surface area contributed by atoms with Gasteiger partial charge in [-0.2, -0.15) is 0 Å². The molecule has 0 radical (unpaired) electrons. The Morgan fingerprint density at radius 3 is 2.72 bits per heavy atom. The molecule has 1 heterocycles. The van der Waals surface area contributed by atoms with Crippen LogP contribution < -0.4 is 10.0 Å². The summed E-state index contributed by atoms with van der Waals surface area (Å²) in [7, 11) is 2.38. The second-order valence-corrected chi connectivity index (χ2v) is 7.03. The molecule has 0 aliphatic rings. The second kappa shape index (κ2) is 7.20. The van der Waals surface area contributed by atoms with E-state index in [0.29, 0.717) is 18.0 Å². The smallest absolute Gasteiger partial charge is 0.241 e. The summed E-state index contributed by atoms with van der Waals surface area (Å²) in [5.41, 5.74) is 0. The molecule has 0 aromatic carbocycles. The fraction of sp³-hybridized carbons (Fsp3) is 0.636. The van der Waals surface area contributed by atoms with E-state index in [0.717, 1.165) is 17.8 Å². The van der Waals surface area contributed by atoms with E-state index in [-0.39, 0.29) is 0 Å². The average molecular weight is 291 g/mol. The molecule has 2 N–H and O–H groups in total. The van der Waals surface area contributed by atoms with E-state index in [1.165, 1.54) is 11.3 Å². The molecule has 0 aliphatic carbocycles. The third-order valence-electron chi connectivity index (χ3n) is 2.41. The summed E-state index contributed by atoms with van der Waals surface area (Å²) >= 11 is 1.46. The largest absolute Gasteiger partial charge is 0.315 e.